The Kier molecular flexibility index (Phi) is 5.76. The Hall–Kier alpha value is -3.32. The fourth-order valence-electron chi connectivity index (χ4n) is 3.40. The van der Waals surface area contributed by atoms with Gasteiger partial charge in [0, 0.05) is 26.2 Å². The highest BCUT2D eigenvalue weighted by Gasteiger charge is 2.21. The van der Waals surface area contributed by atoms with Gasteiger partial charge in [-0.15, -0.1) is 0 Å². The Morgan fingerprint density at radius 3 is 2.48 bits per heavy atom. The zero-order chi connectivity index (χ0) is 20.1. The number of nitrogens with zero attached hydrogens (tertiary/aromatic N) is 3. The number of rotatable bonds is 6. The molecular weight excluding hydrogens is 368 g/mol. The molecule has 0 atom stereocenters. The average Bonchev–Trinajstić information content (AvgIpc) is 2.79. The van der Waals surface area contributed by atoms with Crippen LogP contribution in [0.1, 0.15) is 5.56 Å². The SMILES string of the molecule is COc1ccccc1-n1ncc(N2CCNCC2)c(OCc2ccccc2)c1=O. The fraction of sp³-hybridized carbons (Fsp3) is 0.273. The topological polar surface area (TPSA) is 68.6 Å². The first kappa shape index (κ1) is 19.0. The molecule has 3 aromatic rings. The molecule has 7 heteroatoms. The molecule has 7 nitrogen and oxygen atoms in total. The van der Waals surface area contributed by atoms with E-state index in [0.29, 0.717) is 23.8 Å². The number of benzene rings is 2. The summed E-state index contributed by atoms with van der Waals surface area (Å²) in [7, 11) is 1.58. The molecule has 0 saturated carbocycles. The maximum Gasteiger partial charge on any atom is 0.316 e. The molecule has 29 heavy (non-hydrogen) atoms. The first-order valence-electron chi connectivity index (χ1n) is 9.66. The second-order valence-electron chi connectivity index (χ2n) is 6.76. The van der Waals surface area contributed by atoms with Crippen LogP contribution in [0.25, 0.3) is 5.69 Å². The van der Waals surface area contributed by atoms with Gasteiger partial charge in [0.1, 0.15) is 23.7 Å². The van der Waals surface area contributed by atoms with E-state index in [1.807, 2.05) is 42.5 Å². The Morgan fingerprint density at radius 2 is 1.72 bits per heavy atom. The Bertz CT molecular complexity index is 1010. The first-order chi connectivity index (χ1) is 14.3. The summed E-state index contributed by atoms with van der Waals surface area (Å²) < 4.78 is 12.8. The van der Waals surface area contributed by atoms with Crippen LogP contribution >= 0.6 is 0 Å². The molecular formula is C22H24N4O3. The number of hydrogen-bond donors (Lipinski definition) is 1. The molecule has 150 valence electrons. The quantitative estimate of drug-likeness (QED) is 0.694. The summed E-state index contributed by atoms with van der Waals surface area (Å²) in [4.78, 5) is 15.5. The summed E-state index contributed by atoms with van der Waals surface area (Å²) in [6, 6.07) is 17.1. The summed E-state index contributed by atoms with van der Waals surface area (Å²) in [6.45, 7) is 3.61. The smallest absolute Gasteiger partial charge is 0.316 e. The lowest BCUT2D eigenvalue weighted by Crippen LogP contribution is -2.44. The van der Waals surface area contributed by atoms with Crippen LogP contribution in [0.4, 0.5) is 5.69 Å². The van der Waals surface area contributed by atoms with Crippen molar-refractivity contribution in [2.24, 2.45) is 0 Å². The van der Waals surface area contributed by atoms with Gasteiger partial charge in [0.25, 0.3) is 0 Å². The summed E-state index contributed by atoms with van der Waals surface area (Å²) in [5, 5.41) is 7.76. The third-order valence-corrected chi connectivity index (χ3v) is 4.91. The number of methoxy groups -OCH3 is 1. The second-order valence-corrected chi connectivity index (χ2v) is 6.76. The fourth-order valence-corrected chi connectivity index (χ4v) is 3.40. The van der Waals surface area contributed by atoms with Gasteiger partial charge in [-0.3, -0.25) is 4.79 Å². The van der Waals surface area contributed by atoms with Gasteiger partial charge in [0.05, 0.1) is 13.3 Å². The van der Waals surface area contributed by atoms with E-state index in [0.717, 1.165) is 37.4 Å². The van der Waals surface area contributed by atoms with E-state index in [2.05, 4.69) is 15.3 Å². The van der Waals surface area contributed by atoms with Gasteiger partial charge < -0.3 is 19.7 Å². The van der Waals surface area contributed by atoms with Crippen molar-refractivity contribution >= 4 is 5.69 Å². The second kappa shape index (κ2) is 8.79. The van der Waals surface area contributed by atoms with Gasteiger partial charge in [0.15, 0.2) is 0 Å². The van der Waals surface area contributed by atoms with E-state index in [-0.39, 0.29) is 5.56 Å². The molecule has 0 spiro atoms. The van der Waals surface area contributed by atoms with E-state index in [9.17, 15) is 4.79 Å². The van der Waals surface area contributed by atoms with Crippen molar-refractivity contribution in [3.8, 4) is 17.2 Å². The summed E-state index contributed by atoms with van der Waals surface area (Å²) in [5.41, 5.74) is 2.00. The predicted molar refractivity (Wildman–Crippen MR) is 112 cm³/mol. The van der Waals surface area contributed by atoms with Gasteiger partial charge >= 0.3 is 5.56 Å². The highest BCUT2D eigenvalue weighted by molar-refractivity contribution is 5.58. The van der Waals surface area contributed by atoms with Crippen LogP contribution in [-0.2, 0) is 6.61 Å². The average molecular weight is 392 g/mol. The maximum absolute atomic E-state index is 13.4. The Morgan fingerprint density at radius 1 is 1.00 bits per heavy atom. The van der Waals surface area contributed by atoms with Crippen molar-refractivity contribution in [3.05, 3.63) is 76.7 Å². The van der Waals surface area contributed by atoms with Crippen molar-refractivity contribution in [3.63, 3.8) is 0 Å². The number of hydrogen-bond acceptors (Lipinski definition) is 6. The molecule has 2 heterocycles. The van der Waals surface area contributed by atoms with Crippen molar-refractivity contribution in [2.75, 3.05) is 38.2 Å². The van der Waals surface area contributed by atoms with Crippen LogP contribution in [0.15, 0.2) is 65.6 Å². The minimum Gasteiger partial charge on any atom is -0.494 e. The van der Waals surface area contributed by atoms with Gasteiger partial charge in [-0.2, -0.15) is 9.78 Å². The number of piperazine rings is 1. The predicted octanol–water partition coefficient (Wildman–Crippen LogP) is 2.23. The largest absolute Gasteiger partial charge is 0.494 e. The lowest BCUT2D eigenvalue weighted by Gasteiger charge is -2.30. The summed E-state index contributed by atoms with van der Waals surface area (Å²) in [6.07, 6.45) is 1.71. The standard InChI is InChI=1S/C22H24N4O3/c1-28-20-10-6-5-9-18(20)26-22(27)21(29-16-17-7-3-2-4-8-17)19(15-24-26)25-13-11-23-12-14-25/h2-10,15,23H,11-14,16H2,1H3. The molecule has 0 bridgehead atoms. The van der Waals surface area contributed by atoms with Crippen molar-refractivity contribution in [2.45, 2.75) is 6.61 Å². The van der Waals surface area contributed by atoms with Crippen LogP contribution < -0.4 is 25.2 Å². The monoisotopic (exact) mass is 392 g/mol. The highest BCUT2D eigenvalue weighted by Crippen LogP contribution is 2.27. The van der Waals surface area contributed by atoms with Gasteiger partial charge in [0.2, 0.25) is 5.75 Å². The van der Waals surface area contributed by atoms with Crippen LogP contribution in [-0.4, -0.2) is 43.1 Å². The third kappa shape index (κ3) is 4.09. The minimum absolute atomic E-state index is 0.302. The third-order valence-electron chi connectivity index (χ3n) is 4.91. The minimum atomic E-state index is -0.304. The maximum atomic E-state index is 13.4. The van der Waals surface area contributed by atoms with E-state index in [4.69, 9.17) is 9.47 Å². The number of anilines is 1. The molecule has 2 aromatic carbocycles. The summed E-state index contributed by atoms with van der Waals surface area (Å²) in [5.74, 6) is 0.877. The van der Waals surface area contributed by atoms with Crippen LogP contribution in [0, 0.1) is 0 Å². The van der Waals surface area contributed by atoms with Gasteiger partial charge in [-0.1, -0.05) is 42.5 Å². The Balaban J connectivity index is 1.76. The first-order valence-corrected chi connectivity index (χ1v) is 9.66. The van der Waals surface area contributed by atoms with E-state index in [1.54, 1.807) is 25.4 Å². The molecule has 4 rings (SSSR count). The molecule has 1 fully saturated rings. The van der Waals surface area contributed by atoms with Crippen molar-refractivity contribution in [1.29, 1.82) is 0 Å². The van der Waals surface area contributed by atoms with E-state index >= 15 is 0 Å². The molecule has 1 aromatic heterocycles. The lowest BCUT2D eigenvalue weighted by molar-refractivity contribution is 0.299. The van der Waals surface area contributed by atoms with Crippen molar-refractivity contribution in [1.82, 2.24) is 15.1 Å². The zero-order valence-electron chi connectivity index (χ0n) is 16.4. The number of ether oxygens (including phenoxy) is 2. The zero-order valence-corrected chi connectivity index (χ0v) is 16.4. The Labute approximate surface area is 169 Å². The molecule has 1 N–H and O–H groups in total. The van der Waals surface area contributed by atoms with Crippen molar-refractivity contribution < 1.29 is 9.47 Å². The molecule has 0 amide bonds. The van der Waals surface area contributed by atoms with Crippen LogP contribution in [0.5, 0.6) is 11.5 Å². The molecule has 0 unspecified atom stereocenters. The molecule has 1 aliphatic heterocycles. The number of aromatic nitrogens is 2. The van der Waals surface area contributed by atoms with Gasteiger partial charge in [-0.25, -0.2) is 0 Å². The lowest BCUT2D eigenvalue weighted by atomic mass is 10.2. The number of nitrogens with one attached hydrogen (secondary N) is 1. The molecule has 1 aliphatic rings. The molecule has 1 saturated heterocycles. The van der Waals surface area contributed by atoms with E-state index < -0.39 is 0 Å². The molecule has 0 aliphatic carbocycles. The normalized spacial score (nSPS) is 13.9. The summed E-state index contributed by atoms with van der Waals surface area (Å²) >= 11 is 0. The molecule has 0 radical (unpaired) electrons. The van der Waals surface area contributed by atoms with Crippen LogP contribution in [0.2, 0.25) is 0 Å². The van der Waals surface area contributed by atoms with E-state index in [1.165, 1.54) is 4.68 Å². The highest BCUT2D eigenvalue weighted by atomic mass is 16.5. The van der Waals surface area contributed by atoms with Gasteiger partial charge in [-0.05, 0) is 17.7 Å². The van der Waals surface area contributed by atoms with Crippen LogP contribution in [0.3, 0.4) is 0 Å². The number of para-hydroxylation sites is 2.